The molecule has 1 saturated heterocycles. The third-order valence-electron chi connectivity index (χ3n) is 3.85. The number of ether oxygens (including phenoxy) is 2. The van der Waals surface area contributed by atoms with E-state index in [1.807, 2.05) is 30.3 Å². The molecule has 1 heterocycles. The predicted molar refractivity (Wildman–Crippen MR) is 85.4 cm³/mol. The molecule has 5 heteroatoms. The van der Waals surface area contributed by atoms with Gasteiger partial charge in [0.05, 0.1) is 13.7 Å². The van der Waals surface area contributed by atoms with Crippen LogP contribution in [0.2, 0.25) is 0 Å². The van der Waals surface area contributed by atoms with Crippen molar-refractivity contribution in [1.29, 1.82) is 0 Å². The molecule has 1 fully saturated rings. The third kappa shape index (κ3) is 2.96. The minimum atomic E-state index is -0.727. The van der Waals surface area contributed by atoms with E-state index in [9.17, 15) is 9.59 Å². The van der Waals surface area contributed by atoms with Gasteiger partial charge in [-0.15, -0.1) is 0 Å². The van der Waals surface area contributed by atoms with Gasteiger partial charge >= 0.3 is 0 Å². The Bertz CT molecular complexity index is 684. The average molecular weight is 311 g/mol. The molecular formula is C18H17NO4. The number of carbonyl (C=O) groups is 2. The highest BCUT2D eigenvalue weighted by Gasteiger charge is 2.49. The Labute approximate surface area is 134 Å². The van der Waals surface area contributed by atoms with E-state index < -0.39 is 12.1 Å². The lowest BCUT2D eigenvalue weighted by molar-refractivity contribution is -0.146. The van der Waals surface area contributed by atoms with Crippen LogP contribution in [0.5, 0.6) is 5.75 Å². The summed E-state index contributed by atoms with van der Waals surface area (Å²) in [5, 5.41) is 0. The largest absolute Gasteiger partial charge is 0.497 e. The normalized spacial score (nSPS) is 20.0. The van der Waals surface area contributed by atoms with Gasteiger partial charge in [-0.25, -0.2) is 0 Å². The number of carbonyl (C=O) groups excluding carboxylic acids is 2. The van der Waals surface area contributed by atoms with Crippen molar-refractivity contribution in [3.05, 3.63) is 60.2 Å². The van der Waals surface area contributed by atoms with Crippen LogP contribution in [0.15, 0.2) is 54.6 Å². The number of anilines is 1. The maximum absolute atomic E-state index is 12.3. The van der Waals surface area contributed by atoms with E-state index in [1.165, 1.54) is 4.90 Å². The van der Waals surface area contributed by atoms with Gasteiger partial charge in [0.2, 0.25) is 0 Å². The molecule has 0 radical (unpaired) electrons. The van der Waals surface area contributed by atoms with Crippen LogP contribution in [0.1, 0.15) is 5.56 Å². The predicted octanol–water partition coefficient (Wildman–Crippen LogP) is 2.19. The third-order valence-corrected chi connectivity index (χ3v) is 3.85. The number of rotatable bonds is 6. The summed E-state index contributed by atoms with van der Waals surface area (Å²) in [6, 6.07) is 16.0. The van der Waals surface area contributed by atoms with Crippen LogP contribution >= 0.6 is 0 Å². The van der Waals surface area contributed by atoms with Crippen LogP contribution < -0.4 is 9.64 Å². The highest BCUT2D eigenvalue weighted by molar-refractivity contribution is 6.10. The smallest absolute Gasteiger partial charge is 0.259 e. The molecule has 0 unspecified atom stereocenters. The molecule has 2 aromatic rings. The minimum absolute atomic E-state index is 0.205. The summed E-state index contributed by atoms with van der Waals surface area (Å²) < 4.78 is 10.7. The van der Waals surface area contributed by atoms with E-state index in [0.29, 0.717) is 18.0 Å². The zero-order valence-corrected chi connectivity index (χ0v) is 12.7. The van der Waals surface area contributed by atoms with Gasteiger partial charge in [0.15, 0.2) is 6.10 Å². The van der Waals surface area contributed by atoms with Gasteiger partial charge in [-0.1, -0.05) is 30.3 Å². The van der Waals surface area contributed by atoms with Crippen LogP contribution in [0, 0.1) is 0 Å². The fraction of sp³-hybridized carbons (Fsp3) is 0.222. The summed E-state index contributed by atoms with van der Waals surface area (Å²) in [6.45, 7) is 0.304. The van der Waals surface area contributed by atoms with Crippen molar-refractivity contribution < 1.29 is 19.1 Å². The summed E-state index contributed by atoms with van der Waals surface area (Å²) in [5.74, 6) is 0.490. The van der Waals surface area contributed by atoms with Crippen LogP contribution in [-0.4, -0.2) is 31.4 Å². The molecule has 2 aromatic carbocycles. The summed E-state index contributed by atoms with van der Waals surface area (Å²) in [7, 11) is 1.57. The fourth-order valence-electron chi connectivity index (χ4n) is 2.59. The van der Waals surface area contributed by atoms with Crippen molar-refractivity contribution in [2.75, 3.05) is 12.0 Å². The number of nitrogens with zero attached hydrogens (tertiary/aromatic N) is 1. The lowest BCUT2D eigenvalue weighted by atomic mass is 9.97. The molecule has 0 aromatic heterocycles. The van der Waals surface area contributed by atoms with E-state index >= 15 is 0 Å². The summed E-state index contributed by atoms with van der Waals surface area (Å²) in [6.07, 6.45) is 0.0243. The lowest BCUT2D eigenvalue weighted by Gasteiger charge is -2.43. The van der Waals surface area contributed by atoms with E-state index in [4.69, 9.17) is 9.47 Å². The van der Waals surface area contributed by atoms with Gasteiger partial charge in [0.25, 0.3) is 5.91 Å². The standard InChI is InChI=1S/C18H17NO4/c1-22-15-9-7-14(8-10-15)19-16(11-20)17(18(19)21)23-12-13-5-3-2-4-6-13/h2-11,16-17H,12H2,1H3/t16-,17+/m0/s1. The first kappa shape index (κ1) is 15.2. The Morgan fingerprint density at radius 3 is 2.39 bits per heavy atom. The number of methoxy groups -OCH3 is 1. The van der Waals surface area contributed by atoms with Crippen LogP contribution in [0.4, 0.5) is 5.69 Å². The molecule has 1 amide bonds. The molecule has 23 heavy (non-hydrogen) atoms. The van der Waals surface area contributed by atoms with Gasteiger partial charge in [0, 0.05) is 5.69 Å². The molecular weight excluding hydrogens is 294 g/mol. The Morgan fingerprint density at radius 2 is 1.78 bits per heavy atom. The molecule has 0 saturated carbocycles. The first-order valence-electron chi connectivity index (χ1n) is 7.32. The van der Waals surface area contributed by atoms with Crippen molar-refractivity contribution >= 4 is 17.9 Å². The molecule has 1 aliphatic rings. The second kappa shape index (κ2) is 6.62. The van der Waals surface area contributed by atoms with Gasteiger partial charge in [-0.3, -0.25) is 9.69 Å². The quantitative estimate of drug-likeness (QED) is 0.606. The Hall–Kier alpha value is -2.66. The Kier molecular flexibility index (Phi) is 4.39. The summed E-state index contributed by atoms with van der Waals surface area (Å²) >= 11 is 0. The Morgan fingerprint density at radius 1 is 1.09 bits per heavy atom. The zero-order chi connectivity index (χ0) is 16.2. The topological polar surface area (TPSA) is 55.8 Å². The van der Waals surface area contributed by atoms with Crippen molar-refractivity contribution in [2.24, 2.45) is 0 Å². The van der Waals surface area contributed by atoms with Crippen LogP contribution in [-0.2, 0) is 20.9 Å². The Balaban J connectivity index is 1.68. The number of amides is 1. The second-order valence-electron chi connectivity index (χ2n) is 5.25. The van der Waals surface area contributed by atoms with Crippen molar-refractivity contribution in [2.45, 2.75) is 18.8 Å². The molecule has 0 N–H and O–H groups in total. The highest BCUT2D eigenvalue weighted by atomic mass is 16.5. The van der Waals surface area contributed by atoms with Gasteiger partial charge < -0.3 is 14.3 Å². The number of hydrogen-bond donors (Lipinski definition) is 0. The molecule has 5 nitrogen and oxygen atoms in total. The molecule has 118 valence electrons. The summed E-state index contributed by atoms with van der Waals surface area (Å²) in [4.78, 5) is 25.1. The maximum atomic E-state index is 12.3. The van der Waals surface area contributed by atoms with Crippen molar-refractivity contribution in [1.82, 2.24) is 0 Å². The molecule has 0 bridgehead atoms. The second-order valence-corrected chi connectivity index (χ2v) is 5.25. The van der Waals surface area contributed by atoms with E-state index in [-0.39, 0.29) is 5.91 Å². The van der Waals surface area contributed by atoms with Crippen LogP contribution in [0.25, 0.3) is 0 Å². The summed E-state index contributed by atoms with van der Waals surface area (Å²) in [5.41, 5.74) is 1.63. The fourth-order valence-corrected chi connectivity index (χ4v) is 2.59. The zero-order valence-electron chi connectivity index (χ0n) is 12.7. The SMILES string of the molecule is COc1ccc(N2C(=O)[C@H](OCc3ccccc3)[C@@H]2C=O)cc1. The van der Waals surface area contributed by atoms with E-state index in [2.05, 4.69) is 0 Å². The van der Waals surface area contributed by atoms with E-state index in [1.54, 1.807) is 31.4 Å². The van der Waals surface area contributed by atoms with Crippen LogP contribution in [0.3, 0.4) is 0 Å². The van der Waals surface area contributed by atoms with Crippen molar-refractivity contribution in [3.8, 4) is 5.75 Å². The van der Waals surface area contributed by atoms with Gasteiger partial charge in [-0.2, -0.15) is 0 Å². The molecule has 0 spiro atoms. The number of benzene rings is 2. The number of aldehydes is 1. The van der Waals surface area contributed by atoms with E-state index in [0.717, 1.165) is 11.8 Å². The van der Waals surface area contributed by atoms with Gasteiger partial charge in [0.1, 0.15) is 18.1 Å². The first-order valence-corrected chi connectivity index (χ1v) is 7.32. The highest BCUT2D eigenvalue weighted by Crippen LogP contribution is 2.30. The molecule has 0 aliphatic carbocycles. The number of β-lactam (4-membered cyclic amide) rings is 1. The van der Waals surface area contributed by atoms with Gasteiger partial charge in [-0.05, 0) is 29.8 Å². The minimum Gasteiger partial charge on any atom is -0.497 e. The average Bonchev–Trinajstić information content (AvgIpc) is 2.61. The maximum Gasteiger partial charge on any atom is 0.259 e. The number of hydrogen-bond acceptors (Lipinski definition) is 4. The van der Waals surface area contributed by atoms with Crippen molar-refractivity contribution in [3.63, 3.8) is 0 Å². The molecule has 3 rings (SSSR count). The first-order chi connectivity index (χ1) is 11.2. The lowest BCUT2D eigenvalue weighted by Crippen LogP contribution is -2.66. The molecule has 1 aliphatic heterocycles. The molecule has 2 atom stereocenters. The monoisotopic (exact) mass is 311 g/mol.